The smallest absolute Gasteiger partial charge is 0.345 e. The van der Waals surface area contributed by atoms with Crippen LogP contribution in [0.25, 0.3) is 0 Å². The third-order valence-electron chi connectivity index (χ3n) is 5.00. The first kappa shape index (κ1) is 20.2. The molecule has 1 unspecified atom stereocenters. The first-order chi connectivity index (χ1) is 13.5. The highest BCUT2D eigenvalue weighted by Gasteiger charge is 2.22. The van der Waals surface area contributed by atoms with Crippen molar-refractivity contribution in [2.75, 3.05) is 13.7 Å². The molecule has 0 aliphatic carbocycles. The van der Waals surface area contributed by atoms with Crippen LogP contribution in [0.3, 0.4) is 0 Å². The second-order valence-electron chi connectivity index (χ2n) is 6.98. The number of hydrogen-bond acceptors (Lipinski definition) is 4. The topological polar surface area (TPSA) is 78.2 Å². The molecule has 1 aromatic heterocycles. The average Bonchev–Trinajstić information content (AvgIpc) is 2.84. The minimum absolute atomic E-state index is 0.0546. The molecule has 0 spiro atoms. The maximum Gasteiger partial charge on any atom is 0.345 e. The van der Waals surface area contributed by atoms with Crippen molar-refractivity contribution in [1.29, 1.82) is 0 Å². The number of aryl methyl sites for hydroxylation is 1. The highest BCUT2D eigenvalue weighted by Crippen LogP contribution is 2.21. The fourth-order valence-electron chi connectivity index (χ4n) is 3.42. The lowest BCUT2D eigenvalue weighted by Gasteiger charge is -2.14. The van der Waals surface area contributed by atoms with E-state index in [2.05, 4.69) is 10.4 Å². The second-order valence-corrected chi connectivity index (χ2v) is 6.98. The Morgan fingerprint density at radius 3 is 2.96 bits per heavy atom. The molecule has 1 aliphatic rings. The number of hydrogen-bond donors (Lipinski definition) is 1. The Balaban J connectivity index is 1.53. The molecular formula is C19H24F2N4O3. The van der Waals surface area contributed by atoms with Gasteiger partial charge in [0.15, 0.2) is 0 Å². The summed E-state index contributed by atoms with van der Waals surface area (Å²) in [7, 11) is 1.57. The van der Waals surface area contributed by atoms with Crippen LogP contribution in [0.5, 0.6) is 0 Å². The van der Waals surface area contributed by atoms with Crippen LogP contribution >= 0.6 is 0 Å². The van der Waals surface area contributed by atoms with E-state index in [-0.39, 0.29) is 36.0 Å². The molecule has 1 aromatic carbocycles. The van der Waals surface area contributed by atoms with E-state index in [0.29, 0.717) is 32.5 Å². The number of amides is 1. The molecule has 0 saturated carbocycles. The van der Waals surface area contributed by atoms with Crippen molar-refractivity contribution < 1.29 is 18.3 Å². The number of methoxy groups -OCH3 is 1. The van der Waals surface area contributed by atoms with Gasteiger partial charge in [0.1, 0.15) is 17.5 Å². The normalized spacial score (nSPS) is 16.5. The highest BCUT2D eigenvalue weighted by atomic mass is 19.1. The number of benzene rings is 1. The predicted octanol–water partition coefficient (Wildman–Crippen LogP) is 1.63. The number of fused-ring (bicyclic) bond motifs is 1. The van der Waals surface area contributed by atoms with Crippen molar-refractivity contribution in [3.8, 4) is 0 Å². The van der Waals surface area contributed by atoms with Crippen LogP contribution in [-0.4, -0.2) is 34.0 Å². The van der Waals surface area contributed by atoms with Crippen LogP contribution in [0, 0.1) is 17.6 Å². The lowest BCUT2D eigenvalue weighted by atomic mass is 9.96. The van der Waals surface area contributed by atoms with Crippen molar-refractivity contribution in [2.24, 2.45) is 5.92 Å². The van der Waals surface area contributed by atoms with Gasteiger partial charge in [-0.05, 0) is 37.0 Å². The molecular weight excluding hydrogens is 370 g/mol. The van der Waals surface area contributed by atoms with Crippen molar-refractivity contribution in [3.05, 3.63) is 51.7 Å². The summed E-state index contributed by atoms with van der Waals surface area (Å²) >= 11 is 0. The van der Waals surface area contributed by atoms with Crippen molar-refractivity contribution in [3.63, 3.8) is 0 Å². The third-order valence-corrected chi connectivity index (χ3v) is 5.00. The van der Waals surface area contributed by atoms with E-state index in [1.54, 1.807) is 11.7 Å². The van der Waals surface area contributed by atoms with Crippen LogP contribution in [0.1, 0.15) is 30.7 Å². The summed E-state index contributed by atoms with van der Waals surface area (Å²) in [5, 5.41) is 7.01. The molecule has 0 saturated heterocycles. The Kier molecular flexibility index (Phi) is 6.56. The van der Waals surface area contributed by atoms with Gasteiger partial charge in [-0.3, -0.25) is 9.36 Å². The number of halogens is 2. The monoisotopic (exact) mass is 394 g/mol. The Morgan fingerprint density at radius 2 is 2.18 bits per heavy atom. The van der Waals surface area contributed by atoms with Gasteiger partial charge in [0.25, 0.3) is 0 Å². The van der Waals surface area contributed by atoms with Gasteiger partial charge >= 0.3 is 5.69 Å². The van der Waals surface area contributed by atoms with Gasteiger partial charge in [0, 0.05) is 38.6 Å². The van der Waals surface area contributed by atoms with E-state index in [0.717, 1.165) is 30.4 Å². The number of carbonyl (C=O) groups excluding carboxylic acids is 1. The predicted molar refractivity (Wildman–Crippen MR) is 97.6 cm³/mol. The number of ether oxygens (including phenoxy) is 1. The van der Waals surface area contributed by atoms with E-state index in [4.69, 9.17) is 4.74 Å². The molecule has 1 N–H and O–H groups in total. The Bertz CT molecular complexity index is 894. The van der Waals surface area contributed by atoms with Gasteiger partial charge in [-0.25, -0.2) is 18.3 Å². The molecule has 152 valence electrons. The minimum atomic E-state index is -0.550. The maximum atomic E-state index is 13.6. The average molecular weight is 394 g/mol. The lowest BCUT2D eigenvalue weighted by Crippen LogP contribution is -2.28. The standard InChI is InChI=1S/C19H24F2N4O3/c1-28-9-8-25-19(27)24-7-6-13(2-5-17(24)23-25)10-18(26)22-12-14-11-15(20)3-4-16(14)21/h3-4,11,13H,2,5-10,12H2,1H3,(H,22,26). The summed E-state index contributed by atoms with van der Waals surface area (Å²) < 4.78 is 34.9. The van der Waals surface area contributed by atoms with Gasteiger partial charge in [0.2, 0.25) is 5.91 Å². The summed E-state index contributed by atoms with van der Waals surface area (Å²) in [6.45, 7) is 1.29. The van der Waals surface area contributed by atoms with Gasteiger partial charge in [0.05, 0.1) is 13.2 Å². The summed E-state index contributed by atoms with van der Waals surface area (Å²) in [6, 6.07) is 3.16. The number of carbonyl (C=O) groups is 1. The Morgan fingerprint density at radius 1 is 1.36 bits per heavy atom. The molecule has 1 atom stereocenters. The molecule has 9 heteroatoms. The number of nitrogens with one attached hydrogen (secondary N) is 1. The van der Waals surface area contributed by atoms with Crippen molar-refractivity contribution in [2.45, 2.75) is 45.3 Å². The van der Waals surface area contributed by atoms with Crippen LogP contribution in [0.15, 0.2) is 23.0 Å². The molecule has 2 heterocycles. The summed E-state index contributed by atoms with van der Waals surface area (Å²) in [4.78, 5) is 24.6. The quantitative estimate of drug-likeness (QED) is 0.774. The van der Waals surface area contributed by atoms with Crippen LogP contribution in [0.2, 0.25) is 0 Å². The van der Waals surface area contributed by atoms with Crippen molar-refractivity contribution >= 4 is 5.91 Å². The Hall–Kier alpha value is -2.55. The first-order valence-corrected chi connectivity index (χ1v) is 9.34. The fraction of sp³-hybridized carbons (Fsp3) is 0.526. The second kappa shape index (κ2) is 9.09. The molecule has 0 fully saturated rings. The Labute approximate surface area is 161 Å². The van der Waals surface area contributed by atoms with E-state index in [1.165, 1.54) is 4.68 Å². The van der Waals surface area contributed by atoms with E-state index < -0.39 is 11.6 Å². The van der Waals surface area contributed by atoms with E-state index >= 15 is 0 Å². The molecule has 0 radical (unpaired) electrons. The molecule has 2 aromatic rings. The molecule has 7 nitrogen and oxygen atoms in total. The molecule has 3 rings (SSSR count). The van der Waals surface area contributed by atoms with Crippen molar-refractivity contribution in [1.82, 2.24) is 19.7 Å². The lowest BCUT2D eigenvalue weighted by molar-refractivity contribution is -0.122. The van der Waals surface area contributed by atoms with Crippen LogP contribution in [-0.2, 0) is 35.6 Å². The van der Waals surface area contributed by atoms with E-state index in [9.17, 15) is 18.4 Å². The zero-order chi connectivity index (χ0) is 20.1. The molecule has 1 amide bonds. The van der Waals surface area contributed by atoms with E-state index in [1.807, 2.05) is 0 Å². The molecule has 0 bridgehead atoms. The minimum Gasteiger partial charge on any atom is -0.383 e. The first-order valence-electron chi connectivity index (χ1n) is 9.34. The maximum absolute atomic E-state index is 13.6. The van der Waals surface area contributed by atoms with Gasteiger partial charge in [-0.15, -0.1) is 0 Å². The fourth-order valence-corrected chi connectivity index (χ4v) is 3.42. The van der Waals surface area contributed by atoms with Gasteiger partial charge in [-0.2, -0.15) is 5.10 Å². The third kappa shape index (κ3) is 4.83. The molecule has 1 aliphatic heterocycles. The zero-order valence-corrected chi connectivity index (χ0v) is 15.8. The number of aromatic nitrogens is 3. The largest absolute Gasteiger partial charge is 0.383 e. The zero-order valence-electron chi connectivity index (χ0n) is 15.8. The number of nitrogens with zero attached hydrogens (tertiary/aromatic N) is 3. The number of rotatable bonds is 7. The van der Waals surface area contributed by atoms with Crippen LogP contribution in [0.4, 0.5) is 8.78 Å². The summed E-state index contributed by atoms with van der Waals surface area (Å²) in [5.74, 6) is -0.478. The van der Waals surface area contributed by atoms with Crippen LogP contribution < -0.4 is 11.0 Å². The van der Waals surface area contributed by atoms with Gasteiger partial charge < -0.3 is 10.1 Å². The van der Waals surface area contributed by atoms with Gasteiger partial charge in [-0.1, -0.05) is 0 Å². The molecule has 28 heavy (non-hydrogen) atoms. The SMILES string of the molecule is COCCn1nc2n(c1=O)CCC(CC(=O)NCc1cc(F)ccc1F)CC2. The highest BCUT2D eigenvalue weighted by molar-refractivity contribution is 5.76. The summed E-state index contributed by atoms with van der Waals surface area (Å²) in [6.07, 6.45) is 2.32. The summed E-state index contributed by atoms with van der Waals surface area (Å²) in [5.41, 5.74) is -0.0373.